The van der Waals surface area contributed by atoms with Crippen molar-refractivity contribution in [2.75, 3.05) is 19.7 Å². The average Bonchev–Trinajstić information content (AvgIpc) is 3.03. The summed E-state index contributed by atoms with van der Waals surface area (Å²) in [5.74, 6) is -5.30. The van der Waals surface area contributed by atoms with E-state index >= 15 is 0 Å². The number of β-amino-alcohol motifs (C(OH)–C–C–N with tert-alkyl or cyclic N) is 1. The molecule has 0 radical (unpaired) electrons. The molecule has 0 unspecified atom stereocenters. The number of sulfonamides is 1. The number of ether oxygens (including phenoxy) is 1. The number of benzene rings is 2. The smallest absolute Gasteiger partial charge is 0.233 e. The second kappa shape index (κ2) is 8.05. The molecule has 1 heterocycles. The van der Waals surface area contributed by atoms with Gasteiger partial charge in [-0.15, -0.1) is 0 Å². The van der Waals surface area contributed by atoms with Crippen LogP contribution in [0.15, 0.2) is 35.2 Å². The maximum atomic E-state index is 13.4. The topological polar surface area (TPSA) is 91.4 Å². The van der Waals surface area contributed by atoms with E-state index in [1.54, 1.807) is 0 Å². The Morgan fingerprint density at radius 3 is 2.47 bits per heavy atom. The quantitative estimate of drug-likeness (QED) is 0.526. The van der Waals surface area contributed by atoms with Gasteiger partial charge in [0, 0.05) is 23.7 Å². The second-order valence-electron chi connectivity index (χ2n) is 6.59. The van der Waals surface area contributed by atoms with Crippen LogP contribution in [0.3, 0.4) is 0 Å². The first-order valence-corrected chi connectivity index (χ1v) is 10.2. The van der Waals surface area contributed by atoms with Crippen LogP contribution in [0.2, 0.25) is 5.02 Å². The molecule has 1 aliphatic rings. The molecule has 1 aliphatic heterocycles. The second-order valence-corrected chi connectivity index (χ2v) is 8.93. The highest BCUT2D eigenvalue weighted by molar-refractivity contribution is 7.89. The third kappa shape index (κ3) is 3.97. The van der Waals surface area contributed by atoms with E-state index in [0.29, 0.717) is 12.1 Å². The van der Waals surface area contributed by atoms with Gasteiger partial charge in [-0.25, -0.2) is 26.4 Å². The fourth-order valence-electron chi connectivity index (χ4n) is 3.01. The lowest BCUT2D eigenvalue weighted by Gasteiger charge is -2.27. The largest absolute Gasteiger partial charge is 0.486 e. The van der Waals surface area contributed by atoms with Crippen LogP contribution in [0.25, 0.3) is 4.85 Å². The van der Waals surface area contributed by atoms with E-state index < -0.39 is 64.6 Å². The fourth-order valence-corrected chi connectivity index (χ4v) is 4.79. The maximum absolute atomic E-state index is 13.4. The lowest BCUT2D eigenvalue weighted by atomic mass is 10.0. The first-order chi connectivity index (χ1) is 14.0. The number of halogens is 4. The standard InChI is InChI=1S/C18H14ClF3N2O5S/c1-23-14-4-10(19)2-3-15(14)30(27,28)24-7-16(18(26,8-24)9-25)29-11-5-12(20)17(22)13(21)6-11/h2-6,16,25-26H,7-9H2/t16-,18+/m0/s1. The Morgan fingerprint density at radius 2 is 1.90 bits per heavy atom. The van der Waals surface area contributed by atoms with E-state index in [9.17, 15) is 31.8 Å². The van der Waals surface area contributed by atoms with Gasteiger partial charge < -0.3 is 14.9 Å². The maximum Gasteiger partial charge on any atom is 0.233 e. The summed E-state index contributed by atoms with van der Waals surface area (Å²) in [4.78, 5) is 2.76. The zero-order valence-electron chi connectivity index (χ0n) is 15.0. The van der Waals surface area contributed by atoms with Gasteiger partial charge in [0.15, 0.2) is 17.5 Å². The number of aliphatic hydroxyl groups excluding tert-OH is 1. The van der Waals surface area contributed by atoms with Crippen LogP contribution < -0.4 is 4.74 Å². The molecule has 7 nitrogen and oxygen atoms in total. The summed E-state index contributed by atoms with van der Waals surface area (Å²) in [6.45, 7) is 5.08. The van der Waals surface area contributed by atoms with E-state index in [-0.39, 0.29) is 15.6 Å². The normalized spacial score (nSPS) is 22.1. The van der Waals surface area contributed by atoms with E-state index in [2.05, 4.69) is 4.85 Å². The fraction of sp³-hybridized carbons (Fsp3) is 0.278. The Kier molecular flexibility index (Phi) is 5.99. The Labute approximate surface area is 174 Å². The van der Waals surface area contributed by atoms with Crippen molar-refractivity contribution in [1.82, 2.24) is 4.31 Å². The predicted octanol–water partition coefficient (Wildman–Crippen LogP) is 2.48. The van der Waals surface area contributed by atoms with Crippen molar-refractivity contribution >= 4 is 27.3 Å². The predicted molar refractivity (Wildman–Crippen MR) is 99.2 cm³/mol. The van der Waals surface area contributed by atoms with Crippen molar-refractivity contribution in [2.24, 2.45) is 0 Å². The molecule has 0 aromatic heterocycles. The molecule has 0 saturated carbocycles. The SMILES string of the molecule is [C-]#[N+]c1cc(Cl)ccc1S(=O)(=O)N1C[C@H](Oc2cc(F)c(F)c(F)c2)[C@](O)(CO)C1. The molecule has 0 aliphatic carbocycles. The highest BCUT2D eigenvalue weighted by Gasteiger charge is 2.51. The van der Waals surface area contributed by atoms with Gasteiger partial charge in [0.1, 0.15) is 17.5 Å². The first kappa shape index (κ1) is 22.3. The third-order valence-corrected chi connectivity index (χ3v) is 6.68. The van der Waals surface area contributed by atoms with Gasteiger partial charge in [-0.2, -0.15) is 4.31 Å². The van der Waals surface area contributed by atoms with Crippen LogP contribution >= 0.6 is 11.6 Å². The number of rotatable bonds is 5. The van der Waals surface area contributed by atoms with Crippen LogP contribution in [0.1, 0.15) is 0 Å². The van der Waals surface area contributed by atoms with Crippen LogP contribution in [0.4, 0.5) is 18.9 Å². The first-order valence-electron chi connectivity index (χ1n) is 8.33. The molecular formula is C18H14ClF3N2O5S. The summed E-state index contributed by atoms with van der Waals surface area (Å²) in [6, 6.07) is 4.62. The Bertz CT molecular complexity index is 1120. The summed E-state index contributed by atoms with van der Waals surface area (Å²) >= 11 is 5.79. The monoisotopic (exact) mass is 462 g/mol. The average molecular weight is 463 g/mol. The van der Waals surface area contributed by atoms with Crippen molar-refractivity contribution < 1.29 is 36.5 Å². The minimum Gasteiger partial charge on any atom is -0.486 e. The minimum absolute atomic E-state index is 0.148. The van der Waals surface area contributed by atoms with Gasteiger partial charge in [-0.1, -0.05) is 17.7 Å². The van der Waals surface area contributed by atoms with E-state index in [1.807, 2.05) is 0 Å². The van der Waals surface area contributed by atoms with E-state index in [4.69, 9.17) is 22.9 Å². The molecule has 0 spiro atoms. The van der Waals surface area contributed by atoms with Crippen molar-refractivity contribution in [3.8, 4) is 5.75 Å². The molecule has 3 rings (SSSR count). The molecule has 2 N–H and O–H groups in total. The number of hydrogen-bond donors (Lipinski definition) is 2. The minimum atomic E-state index is -4.33. The van der Waals surface area contributed by atoms with Crippen molar-refractivity contribution in [2.45, 2.75) is 16.6 Å². The van der Waals surface area contributed by atoms with Gasteiger partial charge in [0.2, 0.25) is 15.7 Å². The highest BCUT2D eigenvalue weighted by atomic mass is 35.5. The van der Waals surface area contributed by atoms with Crippen molar-refractivity contribution in [3.05, 3.63) is 64.2 Å². The zero-order chi connectivity index (χ0) is 22.3. The van der Waals surface area contributed by atoms with Crippen LogP contribution in [-0.2, 0) is 10.0 Å². The molecule has 12 heteroatoms. The van der Waals surface area contributed by atoms with Gasteiger partial charge in [-0.3, -0.25) is 0 Å². The molecule has 160 valence electrons. The Morgan fingerprint density at radius 1 is 1.27 bits per heavy atom. The van der Waals surface area contributed by atoms with E-state index in [0.717, 1.165) is 16.4 Å². The molecule has 30 heavy (non-hydrogen) atoms. The van der Waals surface area contributed by atoms with Gasteiger partial charge >= 0.3 is 0 Å². The summed E-state index contributed by atoms with van der Waals surface area (Å²) in [5.41, 5.74) is -2.37. The number of aliphatic hydroxyl groups is 2. The van der Waals surface area contributed by atoms with Gasteiger partial charge in [0.05, 0.1) is 24.6 Å². The molecule has 0 bridgehead atoms. The summed E-state index contributed by atoms with van der Waals surface area (Å²) in [6.07, 6.45) is -1.44. The summed E-state index contributed by atoms with van der Waals surface area (Å²) < 4.78 is 72.1. The summed E-state index contributed by atoms with van der Waals surface area (Å²) in [7, 11) is -4.33. The molecule has 2 aromatic carbocycles. The van der Waals surface area contributed by atoms with Crippen LogP contribution in [0, 0.1) is 24.0 Å². The van der Waals surface area contributed by atoms with Crippen LogP contribution in [-0.4, -0.2) is 54.3 Å². The van der Waals surface area contributed by atoms with Gasteiger partial charge in [-0.05, 0) is 12.1 Å². The molecule has 2 atom stereocenters. The van der Waals surface area contributed by atoms with Crippen LogP contribution in [0.5, 0.6) is 5.75 Å². The zero-order valence-corrected chi connectivity index (χ0v) is 16.6. The lowest BCUT2D eigenvalue weighted by Crippen LogP contribution is -2.48. The molecule has 1 fully saturated rings. The third-order valence-electron chi connectivity index (χ3n) is 4.59. The van der Waals surface area contributed by atoms with Gasteiger partial charge in [0.25, 0.3) is 0 Å². The molecule has 2 aromatic rings. The molecule has 0 amide bonds. The molecular weight excluding hydrogens is 449 g/mol. The Hall–Kier alpha value is -2.36. The lowest BCUT2D eigenvalue weighted by molar-refractivity contribution is -0.0642. The Balaban J connectivity index is 1.94. The number of nitrogens with zero attached hydrogens (tertiary/aromatic N) is 2. The highest BCUT2D eigenvalue weighted by Crippen LogP contribution is 2.35. The number of hydrogen-bond acceptors (Lipinski definition) is 5. The van der Waals surface area contributed by atoms with Crippen molar-refractivity contribution in [3.63, 3.8) is 0 Å². The van der Waals surface area contributed by atoms with E-state index in [1.165, 1.54) is 6.07 Å². The summed E-state index contributed by atoms with van der Waals surface area (Å²) in [5, 5.41) is 20.4. The molecule has 1 saturated heterocycles. The van der Waals surface area contributed by atoms with Crippen molar-refractivity contribution in [1.29, 1.82) is 0 Å².